The van der Waals surface area contributed by atoms with E-state index in [9.17, 15) is 0 Å². The van der Waals surface area contributed by atoms with Crippen LogP contribution in [0.15, 0.2) is 41.4 Å². The van der Waals surface area contributed by atoms with E-state index in [1.807, 2.05) is 24.3 Å². The van der Waals surface area contributed by atoms with Crippen molar-refractivity contribution in [3.05, 3.63) is 47.5 Å². The molecule has 2 aromatic carbocycles. The first kappa shape index (κ1) is 16.9. The number of benzene rings is 2. The molecule has 23 heavy (non-hydrogen) atoms. The summed E-state index contributed by atoms with van der Waals surface area (Å²) in [5.41, 5.74) is 3.13. The monoisotopic (exact) mass is 313 g/mol. The molecule has 0 aliphatic carbocycles. The number of ether oxygens (including phenoxy) is 3. The molecular formula is C19H23NO3. The second-order valence-electron chi connectivity index (χ2n) is 5.13. The van der Waals surface area contributed by atoms with E-state index < -0.39 is 0 Å². The second-order valence-corrected chi connectivity index (χ2v) is 5.13. The maximum atomic E-state index is 5.35. The molecule has 2 aromatic rings. The highest BCUT2D eigenvalue weighted by atomic mass is 16.5. The van der Waals surface area contributed by atoms with Crippen LogP contribution in [0.25, 0.3) is 0 Å². The lowest BCUT2D eigenvalue weighted by Gasteiger charge is -2.12. The Morgan fingerprint density at radius 2 is 1.52 bits per heavy atom. The molecule has 4 nitrogen and oxygen atoms in total. The van der Waals surface area contributed by atoms with Crippen molar-refractivity contribution in [3.8, 4) is 17.2 Å². The molecule has 0 aliphatic heterocycles. The van der Waals surface area contributed by atoms with Crippen molar-refractivity contribution in [2.75, 3.05) is 21.3 Å². The first-order valence-corrected chi connectivity index (χ1v) is 7.64. The summed E-state index contributed by atoms with van der Waals surface area (Å²) in [5.74, 6) is 1.81. The molecular weight excluding hydrogens is 290 g/mol. The Morgan fingerprint density at radius 3 is 2.00 bits per heavy atom. The molecule has 0 atom stereocenters. The van der Waals surface area contributed by atoms with Crippen LogP contribution < -0.4 is 14.2 Å². The van der Waals surface area contributed by atoms with E-state index in [0.717, 1.165) is 24.1 Å². The summed E-state index contributed by atoms with van der Waals surface area (Å²) in [7, 11) is 4.79. The number of aliphatic imine (C=N–C) groups is 1. The van der Waals surface area contributed by atoms with Crippen LogP contribution in [0.5, 0.6) is 17.2 Å². The highest BCUT2D eigenvalue weighted by Gasteiger charge is 2.12. The van der Waals surface area contributed by atoms with E-state index >= 15 is 0 Å². The predicted octanol–water partition coefficient (Wildman–Crippen LogP) is 4.42. The topological polar surface area (TPSA) is 40.0 Å². The Hall–Kier alpha value is -2.49. The summed E-state index contributed by atoms with van der Waals surface area (Å²) >= 11 is 0. The van der Waals surface area contributed by atoms with E-state index in [-0.39, 0.29) is 0 Å². The molecule has 0 N–H and O–H groups in total. The lowest BCUT2D eigenvalue weighted by Crippen LogP contribution is -1.96. The number of rotatable bonds is 7. The Balaban J connectivity index is 2.24. The average molecular weight is 313 g/mol. The van der Waals surface area contributed by atoms with Crippen molar-refractivity contribution >= 4 is 11.9 Å². The molecule has 0 aromatic heterocycles. The van der Waals surface area contributed by atoms with Crippen LogP contribution >= 0.6 is 0 Å². The molecule has 122 valence electrons. The van der Waals surface area contributed by atoms with Crippen LogP contribution in [0.1, 0.15) is 24.5 Å². The lowest BCUT2D eigenvalue weighted by atomic mass is 10.1. The molecule has 0 heterocycles. The van der Waals surface area contributed by atoms with Gasteiger partial charge in [-0.3, -0.25) is 4.99 Å². The zero-order chi connectivity index (χ0) is 16.7. The van der Waals surface area contributed by atoms with Gasteiger partial charge in [-0.05, 0) is 36.2 Å². The van der Waals surface area contributed by atoms with Crippen LogP contribution in [0.4, 0.5) is 5.69 Å². The third kappa shape index (κ3) is 4.25. The fourth-order valence-electron chi connectivity index (χ4n) is 2.36. The minimum absolute atomic E-state index is 0.580. The van der Waals surface area contributed by atoms with Gasteiger partial charge in [0.2, 0.25) is 5.75 Å². The van der Waals surface area contributed by atoms with Gasteiger partial charge in [-0.1, -0.05) is 25.5 Å². The Kier molecular flexibility index (Phi) is 6.03. The van der Waals surface area contributed by atoms with Crippen LogP contribution in [0.3, 0.4) is 0 Å². The molecule has 0 spiro atoms. The van der Waals surface area contributed by atoms with Gasteiger partial charge in [0, 0.05) is 11.8 Å². The van der Waals surface area contributed by atoms with Gasteiger partial charge in [0.25, 0.3) is 0 Å². The van der Waals surface area contributed by atoms with Gasteiger partial charge in [-0.25, -0.2) is 0 Å². The summed E-state index contributed by atoms with van der Waals surface area (Å²) in [6.07, 6.45) is 4.03. The van der Waals surface area contributed by atoms with Gasteiger partial charge in [0.15, 0.2) is 11.5 Å². The first-order valence-electron chi connectivity index (χ1n) is 7.64. The second kappa shape index (κ2) is 8.22. The summed E-state index contributed by atoms with van der Waals surface area (Å²) < 4.78 is 16.0. The third-order valence-corrected chi connectivity index (χ3v) is 3.52. The van der Waals surface area contributed by atoms with Crippen molar-refractivity contribution in [1.82, 2.24) is 0 Å². The number of aryl methyl sites for hydroxylation is 1. The number of hydrogen-bond donors (Lipinski definition) is 0. The van der Waals surface area contributed by atoms with Crippen LogP contribution in [-0.4, -0.2) is 27.5 Å². The Labute approximate surface area is 137 Å². The molecule has 0 aliphatic rings. The normalized spacial score (nSPS) is 10.8. The molecule has 2 rings (SSSR count). The summed E-state index contributed by atoms with van der Waals surface area (Å²) in [5, 5.41) is 0. The molecule has 0 unspecified atom stereocenters. The zero-order valence-electron chi connectivity index (χ0n) is 14.1. The third-order valence-electron chi connectivity index (χ3n) is 3.52. The van der Waals surface area contributed by atoms with E-state index in [1.165, 1.54) is 5.56 Å². The fraction of sp³-hybridized carbons (Fsp3) is 0.316. The van der Waals surface area contributed by atoms with Crippen LogP contribution in [-0.2, 0) is 6.42 Å². The fourth-order valence-corrected chi connectivity index (χ4v) is 2.36. The SMILES string of the molecule is CCCc1ccc(/N=C/c2cc(OC)c(OC)c(OC)c2)cc1. The van der Waals surface area contributed by atoms with Crippen molar-refractivity contribution < 1.29 is 14.2 Å². The van der Waals surface area contributed by atoms with Crippen LogP contribution in [0.2, 0.25) is 0 Å². The highest BCUT2D eigenvalue weighted by Crippen LogP contribution is 2.37. The largest absolute Gasteiger partial charge is 0.493 e. The highest BCUT2D eigenvalue weighted by molar-refractivity contribution is 5.84. The minimum Gasteiger partial charge on any atom is -0.493 e. The van der Waals surface area contributed by atoms with E-state index in [2.05, 4.69) is 24.0 Å². The summed E-state index contributed by atoms with van der Waals surface area (Å²) in [4.78, 5) is 4.51. The lowest BCUT2D eigenvalue weighted by molar-refractivity contribution is 0.324. The smallest absolute Gasteiger partial charge is 0.203 e. The molecule has 0 saturated heterocycles. The van der Waals surface area contributed by atoms with Gasteiger partial charge in [-0.15, -0.1) is 0 Å². The van der Waals surface area contributed by atoms with Crippen LogP contribution in [0, 0.1) is 0 Å². The summed E-state index contributed by atoms with van der Waals surface area (Å²) in [6, 6.07) is 12.0. The quantitative estimate of drug-likeness (QED) is 0.711. The molecule has 0 fully saturated rings. The Morgan fingerprint density at radius 1 is 0.913 bits per heavy atom. The van der Waals surface area contributed by atoms with Crippen molar-refractivity contribution in [3.63, 3.8) is 0 Å². The number of hydrogen-bond acceptors (Lipinski definition) is 4. The average Bonchev–Trinajstić information content (AvgIpc) is 2.60. The zero-order valence-corrected chi connectivity index (χ0v) is 14.1. The first-order chi connectivity index (χ1) is 11.2. The summed E-state index contributed by atoms with van der Waals surface area (Å²) in [6.45, 7) is 2.18. The minimum atomic E-state index is 0.580. The van der Waals surface area contributed by atoms with Crippen molar-refractivity contribution in [1.29, 1.82) is 0 Å². The maximum Gasteiger partial charge on any atom is 0.203 e. The molecule has 0 radical (unpaired) electrons. The van der Waals surface area contributed by atoms with Crippen molar-refractivity contribution in [2.24, 2.45) is 4.99 Å². The van der Waals surface area contributed by atoms with Gasteiger partial charge in [-0.2, -0.15) is 0 Å². The number of methoxy groups -OCH3 is 3. The standard InChI is InChI=1S/C19H23NO3/c1-5-6-14-7-9-16(10-8-14)20-13-15-11-17(21-2)19(23-4)18(12-15)22-3/h7-13H,5-6H2,1-4H3/b20-13+. The van der Waals surface area contributed by atoms with Crippen molar-refractivity contribution in [2.45, 2.75) is 19.8 Å². The Bertz CT molecular complexity index is 638. The number of nitrogens with zero attached hydrogens (tertiary/aromatic N) is 1. The van der Waals surface area contributed by atoms with Gasteiger partial charge >= 0.3 is 0 Å². The molecule has 0 amide bonds. The van der Waals surface area contributed by atoms with Gasteiger partial charge < -0.3 is 14.2 Å². The van der Waals surface area contributed by atoms with E-state index in [1.54, 1.807) is 27.5 Å². The molecule has 4 heteroatoms. The maximum absolute atomic E-state index is 5.35. The molecule has 0 saturated carbocycles. The molecule has 0 bridgehead atoms. The van der Waals surface area contributed by atoms with Gasteiger partial charge in [0.1, 0.15) is 0 Å². The van der Waals surface area contributed by atoms with E-state index in [4.69, 9.17) is 14.2 Å². The van der Waals surface area contributed by atoms with Gasteiger partial charge in [0.05, 0.1) is 27.0 Å². The van der Waals surface area contributed by atoms with E-state index in [0.29, 0.717) is 17.2 Å². The predicted molar refractivity (Wildman–Crippen MR) is 93.8 cm³/mol.